The molecule has 0 unspecified atom stereocenters. The number of carbonyl (C=O) groups excluding carboxylic acids is 2. The van der Waals surface area contributed by atoms with E-state index < -0.39 is 27.6 Å². The summed E-state index contributed by atoms with van der Waals surface area (Å²) in [6, 6.07) is 9.12. The van der Waals surface area contributed by atoms with Gasteiger partial charge in [0.25, 0.3) is 15.6 Å². The van der Waals surface area contributed by atoms with Gasteiger partial charge in [-0.15, -0.1) is 0 Å². The van der Waals surface area contributed by atoms with Crippen LogP contribution in [0, 0.1) is 13.8 Å². The molecular weight excluding hydrogens is 468 g/mol. The zero-order valence-corrected chi connectivity index (χ0v) is 19.6. The Hall–Kier alpha value is -4.07. The molecule has 1 aromatic heterocycles. The number of nitrogens with two attached hydrogens (primary N) is 1. The Morgan fingerprint density at radius 2 is 1.91 bits per heavy atom. The number of oxime groups is 1. The number of hydrogen-bond donors (Lipinski definition) is 4. The summed E-state index contributed by atoms with van der Waals surface area (Å²) in [6.07, 6.45) is -0.817. The van der Waals surface area contributed by atoms with Crippen molar-refractivity contribution in [2.24, 2.45) is 10.9 Å². The number of nitrogens with zero attached hydrogens (tertiary/aromatic N) is 2. The minimum atomic E-state index is -3.99. The molecule has 0 aliphatic heterocycles. The van der Waals surface area contributed by atoms with Crippen LogP contribution in [0.25, 0.3) is 0 Å². The van der Waals surface area contributed by atoms with Crippen molar-refractivity contribution in [1.29, 1.82) is 0 Å². The van der Waals surface area contributed by atoms with Gasteiger partial charge < -0.3 is 25.2 Å². The van der Waals surface area contributed by atoms with Crippen LogP contribution in [-0.2, 0) is 30.9 Å². The number of nitrogens with one attached hydrogen (secondary N) is 3. The number of amides is 2. The first-order valence-electron chi connectivity index (χ1n) is 9.90. The molecule has 0 aliphatic carbocycles. The predicted molar refractivity (Wildman–Crippen MR) is 124 cm³/mol. The van der Waals surface area contributed by atoms with E-state index in [4.69, 9.17) is 10.6 Å². The molecule has 13 nitrogen and oxygen atoms in total. The summed E-state index contributed by atoms with van der Waals surface area (Å²) in [4.78, 5) is 40.9. The number of aromatic nitrogens is 1. The maximum Gasteiger partial charge on any atom is 0.413 e. The Balaban J connectivity index is 1.99. The topological polar surface area (TPSA) is 183 Å². The molecule has 0 saturated carbocycles. The fraction of sp³-hybridized carbons (Fsp3) is 0.300. The Labute approximate surface area is 196 Å². The summed E-state index contributed by atoms with van der Waals surface area (Å²) in [7, 11) is -2.84. The Bertz CT molecular complexity index is 1240. The van der Waals surface area contributed by atoms with E-state index in [9.17, 15) is 22.8 Å². The van der Waals surface area contributed by atoms with Gasteiger partial charge in [-0.3, -0.25) is 19.6 Å². The standard InChI is InChI=1S/C20H26N6O7S/c1-13-5-4-6-15(11-13)34(30,31)25-16-8-7-14(2)26(18(16)28)12-17(27)22-9-10-33-24-19(21)23-20(29)32-3/h4-8,11,25H,9-10,12H2,1-3H3,(H,22,27)(H3,21,23,24,29). The molecule has 0 fully saturated rings. The third-order valence-corrected chi connectivity index (χ3v) is 5.70. The normalized spacial score (nSPS) is 11.4. The minimum absolute atomic E-state index is 0.0156. The summed E-state index contributed by atoms with van der Waals surface area (Å²) in [5.41, 5.74) is 5.72. The fourth-order valence-corrected chi connectivity index (χ4v) is 3.82. The Morgan fingerprint density at radius 1 is 1.18 bits per heavy atom. The average Bonchev–Trinajstić information content (AvgIpc) is 2.78. The third-order valence-electron chi connectivity index (χ3n) is 4.33. The minimum Gasteiger partial charge on any atom is -0.453 e. The lowest BCUT2D eigenvalue weighted by Crippen LogP contribution is -2.37. The van der Waals surface area contributed by atoms with Crippen LogP contribution >= 0.6 is 0 Å². The first kappa shape index (κ1) is 26.2. The molecule has 1 aromatic carbocycles. The van der Waals surface area contributed by atoms with Gasteiger partial charge >= 0.3 is 6.09 Å². The van der Waals surface area contributed by atoms with Crippen molar-refractivity contribution in [3.05, 3.63) is 58.0 Å². The van der Waals surface area contributed by atoms with Crippen LogP contribution in [0.15, 0.2) is 51.2 Å². The molecule has 2 amide bonds. The maximum atomic E-state index is 12.8. The Morgan fingerprint density at radius 3 is 2.59 bits per heavy atom. The lowest BCUT2D eigenvalue weighted by atomic mass is 10.2. The smallest absolute Gasteiger partial charge is 0.413 e. The third kappa shape index (κ3) is 7.51. The van der Waals surface area contributed by atoms with Crippen LogP contribution < -0.4 is 26.6 Å². The average molecular weight is 495 g/mol. The zero-order valence-electron chi connectivity index (χ0n) is 18.8. The molecule has 0 aliphatic rings. The van der Waals surface area contributed by atoms with E-state index in [0.29, 0.717) is 5.69 Å². The predicted octanol–water partition coefficient (Wildman–Crippen LogP) is -0.0156. The van der Waals surface area contributed by atoms with Crippen LogP contribution in [-0.4, -0.2) is 51.2 Å². The van der Waals surface area contributed by atoms with Gasteiger partial charge in [-0.05, 0) is 48.8 Å². The van der Waals surface area contributed by atoms with E-state index in [1.807, 2.05) is 0 Å². The van der Waals surface area contributed by atoms with E-state index in [1.165, 1.54) is 24.3 Å². The lowest BCUT2D eigenvalue weighted by molar-refractivity contribution is -0.122. The van der Waals surface area contributed by atoms with Crippen molar-refractivity contribution in [2.75, 3.05) is 25.0 Å². The number of anilines is 1. The van der Waals surface area contributed by atoms with Crippen molar-refractivity contribution >= 4 is 33.7 Å². The lowest BCUT2D eigenvalue weighted by Gasteiger charge is -2.13. The van der Waals surface area contributed by atoms with E-state index in [1.54, 1.807) is 26.0 Å². The number of ether oxygens (including phenoxy) is 1. The zero-order chi connectivity index (χ0) is 25.3. The summed E-state index contributed by atoms with van der Waals surface area (Å²) in [5, 5.41) is 8.01. The number of aryl methyl sites for hydroxylation is 2. The van der Waals surface area contributed by atoms with Crippen LogP contribution in [0.2, 0.25) is 0 Å². The van der Waals surface area contributed by atoms with Gasteiger partial charge in [0.05, 0.1) is 18.6 Å². The Kier molecular flexibility index (Phi) is 9.01. The van der Waals surface area contributed by atoms with E-state index >= 15 is 0 Å². The van der Waals surface area contributed by atoms with Gasteiger partial charge in [0.1, 0.15) is 18.8 Å². The number of rotatable bonds is 9. The van der Waals surface area contributed by atoms with Crippen LogP contribution in [0.5, 0.6) is 0 Å². The molecule has 0 saturated heterocycles. The molecule has 0 radical (unpaired) electrons. The molecule has 0 spiro atoms. The molecule has 5 N–H and O–H groups in total. The molecule has 0 atom stereocenters. The fourth-order valence-electron chi connectivity index (χ4n) is 2.66. The number of carbonyl (C=O) groups is 2. The van der Waals surface area contributed by atoms with Gasteiger partial charge in [0.2, 0.25) is 11.9 Å². The van der Waals surface area contributed by atoms with Crippen molar-refractivity contribution < 1.29 is 27.6 Å². The highest BCUT2D eigenvalue weighted by Gasteiger charge is 2.18. The highest BCUT2D eigenvalue weighted by Crippen LogP contribution is 2.15. The second-order valence-corrected chi connectivity index (χ2v) is 8.66. The van der Waals surface area contributed by atoms with Crippen molar-refractivity contribution in [3.63, 3.8) is 0 Å². The van der Waals surface area contributed by atoms with Crippen LogP contribution in [0.4, 0.5) is 10.5 Å². The van der Waals surface area contributed by atoms with Crippen molar-refractivity contribution in [1.82, 2.24) is 15.2 Å². The monoisotopic (exact) mass is 494 g/mol. The first-order valence-corrected chi connectivity index (χ1v) is 11.4. The first-order chi connectivity index (χ1) is 16.0. The van der Waals surface area contributed by atoms with Gasteiger partial charge in [0.15, 0.2) is 0 Å². The molecule has 2 aromatic rings. The summed E-state index contributed by atoms with van der Waals surface area (Å²) in [5.74, 6) is -0.845. The number of pyridine rings is 1. The SMILES string of the molecule is COC(=O)N/C(N)=N/OCCNC(=O)Cn1c(C)ccc(NS(=O)(=O)c2cccc(C)c2)c1=O. The number of alkyl carbamates (subject to hydrolysis) is 1. The van der Waals surface area contributed by atoms with Crippen LogP contribution in [0.3, 0.4) is 0 Å². The second kappa shape index (κ2) is 11.7. The number of hydrogen-bond acceptors (Lipinski definition) is 8. The highest BCUT2D eigenvalue weighted by molar-refractivity contribution is 7.92. The number of sulfonamides is 1. The van der Waals surface area contributed by atoms with Crippen molar-refractivity contribution in [2.45, 2.75) is 25.3 Å². The maximum absolute atomic E-state index is 12.8. The van der Waals surface area contributed by atoms with E-state index in [-0.39, 0.29) is 36.2 Å². The highest BCUT2D eigenvalue weighted by atomic mass is 32.2. The number of guanidine groups is 1. The van der Waals surface area contributed by atoms with Gasteiger partial charge in [-0.25, -0.2) is 13.2 Å². The van der Waals surface area contributed by atoms with Crippen LogP contribution in [0.1, 0.15) is 11.3 Å². The summed E-state index contributed by atoms with van der Waals surface area (Å²) in [6.45, 7) is 2.98. The summed E-state index contributed by atoms with van der Waals surface area (Å²) >= 11 is 0. The molecule has 34 heavy (non-hydrogen) atoms. The van der Waals surface area contributed by atoms with E-state index in [0.717, 1.165) is 17.2 Å². The van der Waals surface area contributed by atoms with Crippen molar-refractivity contribution in [3.8, 4) is 0 Å². The molecule has 2 rings (SSSR count). The molecule has 14 heteroatoms. The van der Waals surface area contributed by atoms with Gasteiger partial charge in [-0.2, -0.15) is 0 Å². The van der Waals surface area contributed by atoms with Gasteiger partial charge in [0, 0.05) is 5.69 Å². The summed E-state index contributed by atoms with van der Waals surface area (Å²) < 4.78 is 33.0. The second-order valence-electron chi connectivity index (χ2n) is 6.98. The number of benzene rings is 1. The van der Waals surface area contributed by atoms with Gasteiger partial charge in [-0.1, -0.05) is 12.1 Å². The molecular formula is C20H26N6O7S. The molecule has 1 heterocycles. The quantitative estimate of drug-likeness (QED) is 0.162. The largest absolute Gasteiger partial charge is 0.453 e. The molecule has 0 bridgehead atoms. The molecule has 184 valence electrons. The number of methoxy groups -OCH3 is 1. The van der Waals surface area contributed by atoms with E-state index in [2.05, 4.69) is 25.2 Å².